The molecule has 1 heterocycles. The minimum atomic E-state index is -0.00567. The average Bonchev–Trinajstić information content (AvgIpc) is 2.89. The minimum absolute atomic E-state index is 0.00567. The van der Waals surface area contributed by atoms with E-state index in [9.17, 15) is 9.59 Å². The summed E-state index contributed by atoms with van der Waals surface area (Å²) in [6.45, 7) is 3.99. The van der Waals surface area contributed by atoms with Gasteiger partial charge in [-0.3, -0.25) is 14.5 Å². The van der Waals surface area contributed by atoms with Crippen molar-refractivity contribution in [2.24, 2.45) is 0 Å². The van der Waals surface area contributed by atoms with Crippen molar-refractivity contribution in [3.63, 3.8) is 0 Å². The van der Waals surface area contributed by atoms with Crippen molar-refractivity contribution in [2.75, 3.05) is 10.7 Å². The number of aldehydes is 1. The third-order valence-corrected chi connectivity index (χ3v) is 5.06. The molecule has 3 rings (SSSR count). The lowest BCUT2D eigenvalue weighted by molar-refractivity contribution is -0.115. The van der Waals surface area contributed by atoms with Crippen LogP contribution in [0.25, 0.3) is 0 Å². The summed E-state index contributed by atoms with van der Waals surface area (Å²) in [6.07, 6.45) is 0.828. The summed E-state index contributed by atoms with van der Waals surface area (Å²) in [7, 11) is 0. The van der Waals surface area contributed by atoms with E-state index in [-0.39, 0.29) is 11.3 Å². The minimum Gasteiger partial charge on any atom is -0.298 e. The maximum atomic E-state index is 12.4. The molecule has 1 aliphatic heterocycles. The molecule has 2 aromatic rings. The monoisotopic (exact) mass is 311 g/mol. The summed E-state index contributed by atoms with van der Waals surface area (Å²) >= 11 is 1.64. The number of hydrogen-bond acceptors (Lipinski definition) is 3. The number of hydrogen-bond donors (Lipinski definition) is 0. The number of rotatable bonds is 3. The fourth-order valence-electron chi connectivity index (χ4n) is 2.68. The lowest BCUT2D eigenvalue weighted by Gasteiger charge is -2.26. The lowest BCUT2D eigenvalue weighted by Crippen LogP contribution is -2.28. The van der Waals surface area contributed by atoms with E-state index in [4.69, 9.17) is 0 Å². The van der Waals surface area contributed by atoms with Crippen LogP contribution in [0.2, 0.25) is 0 Å². The van der Waals surface area contributed by atoms with Gasteiger partial charge in [0.05, 0.1) is 5.75 Å². The molecular weight excluding hydrogens is 294 g/mol. The predicted octanol–water partition coefficient (Wildman–Crippen LogP) is 3.89. The summed E-state index contributed by atoms with van der Waals surface area (Å²) in [5.74, 6) is 0.588. The first-order valence-electron chi connectivity index (χ1n) is 7.16. The highest BCUT2D eigenvalue weighted by Crippen LogP contribution is 2.42. The normalized spacial score (nSPS) is 17.8. The molecule has 1 fully saturated rings. The Morgan fingerprint density at radius 1 is 1.14 bits per heavy atom. The molecule has 1 saturated heterocycles. The van der Waals surface area contributed by atoms with Gasteiger partial charge in [-0.1, -0.05) is 29.8 Å². The summed E-state index contributed by atoms with van der Waals surface area (Å²) in [5.41, 5.74) is 4.78. The predicted molar refractivity (Wildman–Crippen MR) is 90.4 cm³/mol. The zero-order valence-electron chi connectivity index (χ0n) is 12.6. The highest BCUT2D eigenvalue weighted by molar-refractivity contribution is 8.00. The number of anilines is 1. The summed E-state index contributed by atoms with van der Waals surface area (Å²) < 4.78 is 0. The van der Waals surface area contributed by atoms with Gasteiger partial charge in [0.2, 0.25) is 5.91 Å². The van der Waals surface area contributed by atoms with Gasteiger partial charge in [-0.2, -0.15) is 0 Å². The molecule has 0 radical (unpaired) electrons. The van der Waals surface area contributed by atoms with Crippen LogP contribution in [0, 0.1) is 13.8 Å². The van der Waals surface area contributed by atoms with Gasteiger partial charge in [0.15, 0.2) is 0 Å². The van der Waals surface area contributed by atoms with Crippen molar-refractivity contribution in [3.05, 3.63) is 64.7 Å². The van der Waals surface area contributed by atoms with Crippen LogP contribution in [0.4, 0.5) is 5.69 Å². The van der Waals surface area contributed by atoms with Crippen molar-refractivity contribution in [1.82, 2.24) is 0 Å². The quantitative estimate of drug-likeness (QED) is 0.807. The number of benzene rings is 2. The van der Waals surface area contributed by atoms with Crippen molar-refractivity contribution in [2.45, 2.75) is 19.2 Å². The topological polar surface area (TPSA) is 37.4 Å². The highest BCUT2D eigenvalue weighted by Gasteiger charge is 2.34. The van der Waals surface area contributed by atoms with Crippen molar-refractivity contribution in [1.29, 1.82) is 0 Å². The molecule has 3 nitrogen and oxygen atoms in total. The second kappa shape index (κ2) is 5.97. The van der Waals surface area contributed by atoms with Gasteiger partial charge in [-0.25, -0.2) is 0 Å². The van der Waals surface area contributed by atoms with E-state index in [0.717, 1.165) is 23.1 Å². The second-order valence-electron chi connectivity index (χ2n) is 5.50. The Balaban J connectivity index is 2.01. The van der Waals surface area contributed by atoms with Gasteiger partial charge in [0.1, 0.15) is 11.7 Å². The third-order valence-electron chi connectivity index (χ3n) is 3.85. The Labute approximate surface area is 134 Å². The van der Waals surface area contributed by atoms with Gasteiger partial charge < -0.3 is 0 Å². The molecule has 0 spiro atoms. The molecule has 1 atom stereocenters. The molecule has 0 bridgehead atoms. The van der Waals surface area contributed by atoms with Crippen LogP contribution in [-0.4, -0.2) is 17.9 Å². The van der Waals surface area contributed by atoms with Crippen LogP contribution < -0.4 is 4.90 Å². The second-order valence-corrected chi connectivity index (χ2v) is 6.57. The Kier molecular flexibility index (Phi) is 4.03. The van der Waals surface area contributed by atoms with Crippen molar-refractivity contribution in [3.8, 4) is 0 Å². The zero-order valence-corrected chi connectivity index (χ0v) is 13.4. The van der Waals surface area contributed by atoms with E-state index in [2.05, 4.69) is 31.2 Å². The Morgan fingerprint density at radius 3 is 2.50 bits per heavy atom. The maximum Gasteiger partial charge on any atom is 0.238 e. The van der Waals surface area contributed by atoms with Gasteiger partial charge in [-0.05, 0) is 43.2 Å². The van der Waals surface area contributed by atoms with Crippen LogP contribution in [0.5, 0.6) is 0 Å². The maximum absolute atomic E-state index is 12.4. The highest BCUT2D eigenvalue weighted by atomic mass is 32.2. The number of carbonyl (C=O) groups is 2. The standard InChI is InChI=1S/C18H17NO2S/c1-12-3-6-15(7-4-12)18-19(17(21)11-22-18)16-8-5-14(10-20)9-13(16)2/h3-10,18H,11H2,1-2H3. The van der Waals surface area contributed by atoms with Crippen LogP contribution in [-0.2, 0) is 4.79 Å². The molecule has 0 saturated carbocycles. The van der Waals surface area contributed by atoms with Crippen LogP contribution >= 0.6 is 11.8 Å². The zero-order chi connectivity index (χ0) is 15.7. The van der Waals surface area contributed by atoms with Crippen LogP contribution in [0.15, 0.2) is 42.5 Å². The molecule has 2 aromatic carbocycles. The van der Waals surface area contributed by atoms with E-state index in [1.54, 1.807) is 17.8 Å². The van der Waals surface area contributed by atoms with Crippen molar-refractivity contribution < 1.29 is 9.59 Å². The van der Waals surface area contributed by atoms with E-state index in [0.29, 0.717) is 11.3 Å². The molecule has 1 aliphatic rings. The number of carbonyl (C=O) groups excluding carboxylic acids is 2. The Hall–Kier alpha value is -2.07. The molecule has 0 N–H and O–H groups in total. The smallest absolute Gasteiger partial charge is 0.238 e. The van der Waals surface area contributed by atoms with Gasteiger partial charge in [-0.15, -0.1) is 11.8 Å². The first-order valence-corrected chi connectivity index (χ1v) is 8.21. The van der Waals surface area contributed by atoms with Crippen LogP contribution in [0.1, 0.15) is 32.4 Å². The molecular formula is C18H17NO2S. The number of aryl methyl sites for hydroxylation is 2. The molecule has 0 aromatic heterocycles. The first-order chi connectivity index (χ1) is 10.6. The molecule has 4 heteroatoms. The van der Waals surface area contributed by atoms with E-state index < -0.39 is 0 Å². The SMILES string of the molecule is Cc1ccc(C2SCC(=O)N2c2ccc(C=O)cc2C)cc1. The van der Waals surface area contributed by atoms with Gasteiger partial charge in [0, 0.05) is 11.3 Å². The van der Waals surface area contributed by atoms with E-state index in [1.807, 2.05) is 24.0 Å². The molecule has 1 amide bonds. The number of nitrogens with zero attached hydrogens (tertiary/aromatic N) is 1. The van der Waals surface area contributed by atoms with E-state index >= 15 is 0 Å². The number of amides is 1. The number of thioether (sulfide) groups is 1. The van der Waals surface area contributed by atoms with Gasteiger partial charge >= 0.3 is 0 Å². The summed E-state index contributed by atoms with van der Waals surface area (Å²) in [4.78, 5) is 25.1. The molecule has 0 aliphatic carbocycles. The Morgan fingerprint density at radius 2 is 1.86 bits per heavy atom. The summed E-state index contributed by atoms with van der Waals surface area (Å²) in [6, 6.07) is 13.7. The molecule has 112 valence electrons. The summed E-state index contributed by atoms with van der Waals surface area (Å²) in [5, 5.41) is -0.00567. The third kappa shape index (κ3) is 2.66. The van der Waals surface area contributed by atoms with E-state index in [1.165, 1.54) is 5.56 Å². The molecule has 1 unspecified atom stereocenters. The fourth-order valence-corrected chi connectivity index (χ4v) is 3.85. The fraction of sp³-hybridized carbons (Fsp3) is 0.222. The van der Waals surface area contributed by atoms with Gasteiger partial charge in [0.25, 0.3) is 0 Å². The van der Waals surface area contributed by atoms with Crippen LogP contribution in [0.3, 0.4) is 0 Å². The van der Waals surface area contributed by atoms with Crippen molar-refractivity contribution >= 4 is 29.6 Å². The Bertz CT molecular complexity index is 724. The molecule has 22 heavy (non-hydrogen) atoms. The lowest BCUT2D eigenvalue weighted by atomic mass is 10.1. The largest absolute Gasteiger partial charge is 0.298 e. The first kappa shape index (κ1) is 14.9. The average molecular weight is 311 g/mol.